The first-order valence-corrected chi connectivity index (χ1v) is 8.94. The zero-order chi connectivity index (χ0) is 15.2. The molecule has 1 aromatic heterocycles. The monoisotopic (exact) mass is 332 g/mol. The summed E-state index contributed by atoms with van der Waals surface area (Å²) in [5, 5.41) is 11.0. The number of hydrogen-bond acceptors (Lipinski definition) is 7. The van der Waals surface area contributed by atoms with Crippen LogP contribution in [0.1, 0.15) is 19.3 Å². The average Bonchev–Trinajstić information content (AvgIpc) is 3.11. The van der Waals surface area contributed by atoms with Crippen LogP contribution in [0.2, 0.25) is 0 Å². The second kappa shape index (κ2) is 5.20. The third-order valence-electron chi connectivity index (χ3n) is 4.30. The smallest absolute Gasteiger partial charge is 0.306 e. The highest BCUT2D eigenvalue weighted by Gasteiger charge is 2.42. The first-order valence-electron chi connectivity index (χ1n) is 6.68. The van der Waals surface area contributed by atoms with Crippen LogP contribution in [0.5, 0.6) is 0 Å². The van der Waals surface area contributed by atoms with Gasteiger partial charge in [0.2, 0.25) is 0 Å². The van der Waals surface area contributed by atoms with Gasteiger partial charge in [0, 0.05) is 19.2 Å². The molecule has 1 aliphatic carbocycles. The van der Waals surface area contributed by atoms with Gasteiger partial charge in [0.15, 0.2) is 5.00 Å². The van der Waals surface area contributed by atoms with Crippen LogP contribution < -0.4 is 11.3 Å². The number of thiophene rings is 1. The van der Waals surface area contributed by atoms with Gasteiger partial charge in [0.05, 0.1) is 4.92 Å². The lowest BCUT2D eigenvalue weighted by atomic mass is 10.0. The number of nitrogens with one attached hydrogen (secondary N) is 1. The zero-order valence-electron chi connectivity index (χ0n) is 11.2. The summed E-state index contributed by atoms with van der Waals surface area (Å²) in [7, 11) is -3.67. The number of hydrogen-bond donors (Lipinski definition) is 2. The van der Waals surface area contributed by atoms with Crippen molar-refractivity contribution in [2.45, 2.75) is 23.5 Å². The van der Waals surface area contributed by atoms with Gasteiger partial charge in [-0.3, -0.25) is 10.1 Å². The Morgan fingerprint density at radius 3 is 2.48 bits per heavy atom. The highest BCUT2D eigenvalue weighted by atomic mass is 32.2. The molecule has 1 saturated carbocycles. The number of rotatable bonds is 4. The molecule has 1 saturated heterocycles. The maximum atomic E-state index is 12.6. The number of fused-ring (bicyclic) bond motifs is 1. The van der Waals surface area contributed by atoms with E-state index in [2.05, 4.69) is 5.43 Å². The second-order valence-electron chi connectivity index (χ2n) is 5.45. The van der Waals surface area contributed by atoms with Crippen molar-refractivity contribution in [1.29, 1.82) is 0 Å². The minimum atomic E-state index is -3.67. The Morgan fingerprint density at radius 1 is 1.38 bits per heavy atom. The molecular formula is C11H16N4O4S2. The van der Waals surface area contributed by atoms with E-state index in [-0.39, 0.29) is 14.9 Å². The lowest BCUT2D eigenvalue weighted by molar-refractivity contribution is -0.383. The maximum absolute atomic E-state index is 12.6. The van der Waals surface area contributed by atoms with Gasteiger partial charge in [-0.2, -0.15) is 4.31 Å². The van der Waals surface area contributed by atoms with Crippen molar-refractivity contribution in [3.63, 3.8) is 0 Å². The van der Waals surface area contributed by atoms with Crippen LogP contribution in [-0.4, -0.2) is 30.7 Å². The van der Waals surface area contributed by atoms with Gasteiger partial charge in [-0.05, 0) is 24.7 Å². The molecule has 0 bridgehead atoms. The summed E-state index contributed by atoms with van der Waals surface area (Å²) in [5.41, 5.74) is 1.89. The van der Waals surface area contributed by atoms with E-state index in [1.165, 1.54) is 4.31 Å². The largest absolute Gasteiger partial charge is 0.310 e. The van der Waals surface area contributed by atoms with Crippen molar-refractivity contribution in [2.75, 3.05) is 18.5 Å². The quantitative estimate of drug-likeness (QED) is 0.488. The Bertz CT molecular complexity index is 660. The molecule has 0 radical (unpaired) electrons. The first-order chi connectivity index (χ1) is 9.93. The average molecular weight is 332 g/mol. The van der Waals surface area contributed by atoms with Gasteiger partial charge in [0.25, 0.3) is 10.0 Å². The SMILES string of the molecule is NNc1sc(S(=O)(=O)N2CC3CCCC3C2)cc1[N+](=O)[O-]. The molecule has 1 aliphatic heterocycles. The van der Waals surface area contributed by atoms with E-state index in [9.17, 15) is 18.5 Å². The number of sulfonamides is 1. The molecule has 1 aromatic rings. The van der Waals surface area contributed by atoms with Crippen LogP contribution in [0.25, 0.3) is 0 Å². The number of nitro groups is 1. The van der Waals surface area contributed by atoms with Gasteiger partial charge in [-0.1, -0.05) is 17.8 Å². The minimum absolute atomic E-state index is 0.0258. The topological polar surface area (TPSA) is 119 Å². The van der Waals surface area contributed by atoms with E-state index in [1.807, 2.05) is 0 Å². The van der Waals surface area contributed by atoms with Gasteiger partial charge >= 0.3 is 5.69 Å². The van der Waals surface area contributed by atoms with E-state index in [1.54, 1.807) is 0 Å². The molecular weight excluding hydrogens is 316 g/mol. The minimum Gasteiger partial charge on any atom is -0.310 e. The van der Waals surface area contributed by atoms with Crippen molar-refractivity contribution in [1.82, 2.24) is 4.31 Å². The van der Waals surface area contributed by atoms with Gasteiger partial charge in [-0.25, -0.2) is 14.3 Å². The van der Waals surface area contributed by atoms with Crippen LogP contribution in [0.4, 0.5) is 10.7 Å². The van der Waals surface area contributed by atoms with Gasteiger partial charge in [-0.15, -0.1) is 0 Å². The van der Waals surface area contributed by atoms with Crippen LogP contribution in [0.3, 0.4) is 0 Å². The van der Waals surface area contributed by atoms with Gasteiger partial charge < -0.3 is 5.43 Å². The fourth-order valence-electron chi connectivity index (χ4n) is 3.24. The Balaban J connectivity index is 1.90. The van der Waals surface area contributed by atoms with Crippen molar-refractivity contribution < 1.29 is 13.3 Å². The summed E-state index contributed by atoms with van der Waals surface area (Å²) in [6.45, 7) is 1.04. The first kappa shape index (κ1) is 14.7. The van der Waals surface area contributed by atoms with Crippen LogP contribution in [0.15, 0.2) is 10.3 Å². The van der Waals surface area contributed by atoms with Crippen molar-refractivity contribution in [3.8, 4) is 0 Å². The van der Waals surface area contributed by atoms with E-state index >= 15 is 0 Å². The van der Waals surface area contributed by atoms with Crippen molar-refractivity contribution >= 4 is 32.0 Å². The molecule has 0 aromatic carbocycles. The predicted octanol–water partition coefficient (Wildman–Crippen LogP) is 1.36. The van der Waals surface area contributed by atoms with Crippen molar-refractivity contribution in [2.24, 2.45) is 17.7 Å². The lowest BCUT2D eigenvalue weighted by Gasteiger charge is -2.15. The molecule has 8 nitrogen and oxygen atoms in total. The number of nitrogens with two attached hydrogens (primary N) is 1. The highest BCUT2D eigenvalue weighted by molar-refractivity contribution is 7.91. The lowest BCUT2D eigenvalue weighted by Crippen LogP contribution is -2.29. The molecule has 0 amide bonds. The molecule has 2 fully saturated rings. The number of hydrazine groups is 1. The summed E-state index contributed by atoms with van der Waals surface area (Å²) >= 11 is 0.802. The Morgan fingerprint density at radius 2 is 2.00 bits per heavy atom. The fraction of sp³-hybridized carbons (Fsp3) is 0.636. The molecule has 2 unspecified atom stereocenters. The molecule has 2 atom stereocenters. The molecule has 116 valence electrons. The summed E-state index contributed by atoms with van der Waals surface area (Å²) in [5.74, 6) is 6.09. The molecule has 21 heavy (non-hydrogen) atoms. The summed E-state index contributed by atoms with van der Waals surface area (Å²) in [4.78, 5) is 10.3. The van der Waals surface area contributed by atoms with E-state index in [0.29, 0.717) is 24.9 Å². The Kier molecular flexibility index (Phi) is 3.64. The molecule has 3 N–H and O–H groups in total. The third-order valence-corrected chi connectivity index (χ3v) is 7.64. The molecule has 2 heterocycles. The second-order valence-corrected chi connectivity index (χ2v) is 8.67. The summed E-state index contributed by atoms with van der Waals surface area (Å²) in [6.07, 6.45) is 3.29. The van der Waals surface area contributed by atoms with E-state index in [4.69, 9.17) is 5.84 Å². The maximum Gasteiger partial charge on any atom is 0.306 e. The van der Waals surface area contributed by atoms with E-state index in [0.717, 1.165) is 36.7 Å². The molecule has 3 rings (SSSR count). The summed E-state index contributed by atoms with van der Waals surface area (Å²) in [6, 6.07) is 1.09. The number of anilines is 1. The Hall–Kier alpha value is -1.23. The van der Waals surface area contributed by atoms with Crippen molar-refractivity contribution in [3.05, 3.63) is 16.2 Å². The number of nitrogens with zero attached hydrogens (tertiary/aromatic N) is 2. The summed E-state index contributed by atoms with van der Waals surface area (Å²) < 4.78 is 26.7. The standard InChI is InChI=1S/C11H16N4O4S2/c12-13-11-9(15(16)17)4-10(20-11)21(18,19)14-5-7-2-1-3-8(7)6-14/h4,7-8,13H,1-3,5-6,12H2. The van der Waals surface area contributed by atoms with Crippen LogP contribution in [0, 0.1) is 22.0 Å². The fourth-order valence-corrected chi connectivity index (χ4v) is 6.19. The molecule has 0 spiro atoms. The normalized spacial score (nSPS) is 26.0. The van der Waals surface area contributed by atoms with Crippen LogP contribution >= 0.6 is 11.3 Å². The van der Waals surface area contributed by atoms with E-state index < -0.39 is 14.9 Å². The van der Waals surface area contributed by atoms with Gasteiger partial charge in [0.1, 0.15) is 4.21 Å². The number of nitrogen functional groups attached to an aromatic ring is 1. The third kappa shape index (κ3) is 2.41. The predicted molar refractivity (Wildman–Crippen MR) is 78.4 cm³/mol. The highest BCUT2D eigenvalue weighted by Crippen LogP contribution is 2.42. The molecule has 10 heteroatoms. The molecule has 2 aliphatic rings. The van der Waals surface area contributed by atoms with Crippen LogP contribution in [-0.2, 0) is 10.0 Å². The zero-order valence-corrected chi connectivity index (χ0v) is 12.8. The Labute approximate surface area is 126 Å².